The first-order valence-corrected chi connectivity index (χ1v) is 5.21. The van der Waals surface area contributed by atoms with Crippen molar-refractivity contribution in [2.45, 2.75) is 20.4 Å². The van der Waals surface area contributed by atoms with Crippen LogP contribution in [-0.4, -0.2) is 20.0 Å². The summed E-state index contributed by atoms with van der Waals surface area (Å²) in [6.45, 7) is 3.64. The molecule has 0 aliphatic rings. The van der Waals surface area contributed by atoms with Crippen LogP contribution in [0.5, 0.6) is 0 Å². The third-order valence-corrected chi connectivity index (χ3v) is 2.19. The molecular formula is C10H11N5O3. The summed E-state index contributed by atoms with van der Waals surface area (Å²) in [7, 11) is 0. The topological polar surface area (TPSA) is 107 Å². The lowest BCUT2D eigenvalue weighted by molar-refractivity contribution is -0.384. The van der Waals surface area contributed by atoms with Gasteiger partial charge in [0.05, 0.1) is 11.5 Å². The molecule has 8 nitrogen and oxygen atoms in total. The van der Waals surface area contributed by atoms with Crippen LogP contribution < -0.4 is 5.32 Å². The molecule has 94 valence electrons. The van der Waals surface area contributed by atoms with E-state index in [2.05, 4.69) is 20.4 Å². The molecule has 0 saturated carbocycles. The number of aromatic nitrogens is 3. The molecular weight excluding hydrogens is 238 g/mol. The molecule has 0 atom stereocenters. The number of hydrogen-bond acceptors (Lipinski definition) is 7. The van der Waals surface area contributed by atoms with Gasteiger partial charge < -0.3 is 9.84 Å². The van der Waals surface area contributed by atoms with E-state index in [4.69, 9.17) is 4.52 Å². The third kappa shape index (κ3) is 2.59. The average molecular weight is 249 g/mol. The molecule has 0 aromatic carbocycles. The summed E-state index contributed by atoms with van der Waals surface area (Å²) in [5, 5.41) is 17.3. The Balaban J connectivity index is 2.17. The Hall–Kier alpha value is -2.51. The van der Waals surface area contributed by atoms with E-state index >= 15 is 0 Å². The van der Waals surface area contributed by atoms with Crippen LogP contribution in [0.3, 0.4) is 0 Å². The summed E-state index contributed by atoms with van der Waals surface area (Å²) >= 11 is 0. The van der Waals surface area contributed by atoms with Crippen LogP contribution >= 0.6 is 0 Å². The minimum absolute atomic E-state index is 0.0826. The van der Waals surface area contributed by atoms with Crippen LogP contribution in [0.15, 0.2) is 16.7 Å². The molecule has 1 N–H and O–H groups in total. The molecule has 0 bridgehead atoms. The largest absolute Gasteiger partial charge is 0.357 e. The van der Waals surface area contributed by atoms with Crippen molar-refractivity contribution in [1.29, 1.82) is 0 Å². The standard InChI is InChI=1S/C10H11N5O3/c1-6-3-4-8(15(16)17)10(12-6)11-5-9-13-7(2)18-14-9/h3-4H,5H2,1-2H3,(H,11,12). The van der Waals surface area contributed by atoms with Gasteiger partial charge in [-0.25, -0.2) is 4.98 Å². The van der Waals surface area contributed by atoms with E-state index in [1.165, 1.54) is 6.07 Å². The van der Waals surface area contributed by atoms with Crippen LogP contribution in [0.1, 0.15) is 17.4 Å². The number of aryl methyl sites for hydroxylation is 2. The second-order valence-electron chi connectivity index (χ2n) is 3.66. The van der Waals surface area contributed by atoms with E-state index in [9.17, 15) is 10.1 Å². The van der Waals surface area contributed by atoms with Gasteiger partial charge in [0.1, 0.15) is 0 Å². The van der Waals surface area contributed by atoms with E-state index in [0.717, 1.165) is 0 Å². The summed E-state index contributed by atoms with van der Waals surface area (Å²) in [5.41, 5.74) is 0.605. The van der Waals surface area contributed by atoms with E-state index in [1.807, 2.05) is 0 Å². The SMILES string of the molecule is Cc1ccc([N+](=O)[O-])c(NCc2noc(C)n2)n1. The van der Waals surface area contributed by atoms with Crippen molar-refractivity contribution < 1.29 is 9.45 Å². The van der Waals surface area contributed by atoms with Gasteiger partial charge in [-0.3, -0.25) is 10.1 Å². The molecule has 0 saturated heterocycles. The molecule has 2 aromatic heterocycles. The highest BCUT2D eigenvalue weighted by Crippen LogP contribution is 2.22. The second kappa shape index (κ2) is 4.78. The average Bonchev–Trinajstić information content (AvgIpc) is 2.72. The molecule has 0 amide bonds. The van der Waals surface area contributed by atoms with Gasteiger partial charge in [0.2, 0.25) is 11.7 Å². The van der Waals surface area contributed by atoms with Crippen molar-refractivity contribution in [3.8, 4) is 0 Å². The van der Waals surface area contributed by atoms with Gasteiger partial charge in [0, 0.05) is 18.7 Å². The number of nitrogens with zero attached hydrogens (tertiary/aromatic N) is 4. The van der Waals surface area contributed by atoms with Crippen molar-refractivity contribution in [3.05, 3.63) is 39.7 Å². The van der Waals surface area contributed by atoms with Gasteiger partial charge in [0.15, 0.2) is 5.82 Å². The Labute approximate surface area is 102 Å². The molecule has 0 radical (unpaired) electrons. The molecule has 2 aromatic rings. The summed E-state index contributed by atoms with van der Waals surface area (Å²) in [6, 6.07) is 2.99. The van der Waals surface area contributed by atoms with Gasteiger partial charge in [-0.05, 0) is 13.0 Å². The van der Waals surface area contributed by atoms with Gasteiger partial charge in [-0.1, -0.05) is 5.16 Å². The van der Waals surface area contributed by atoms with Crippen LogP contribution in [0.2, 0.25) is 0 Å². The highest BCUT2D eigenvalue weighted by Gasteiger charge is 2.15. The highest BCUT2D eigenvalue weighted by atomic mass is 16.6. The maximum absolute atomic E-state index is 10.8. The van der Waals surface area contributed by atoms with Crippen LogP contribution in [0.25, 0.3) is 0 Å². The first-order chi connectivity index (χ1) is 8.56. The molecule has 0 aliphatic heterocycles. The lowest BCUT2D eigenvalue weighted by atomic mass is 10.3. The van der Waals surface area contributed by atoms with Gasteiger partial charge in [-0.15, -0.1) is 0 Å². The Morgan fingerprint density at radius 2 is 2.17 bits per heavy atom. The van der Waals surface area contributed by atoms with Crippen LogP contribution in [0.4, 0.5) is 11.5 Å². The zero-order valence-electron chi connectivity index (χ0n) is 9.88. The van der Waals surface area contributed by atoms with Crippen molar-refractivity contribution in [2.75, 3.05) is 5.32 Å². The normalized spacial score (nSPS) is 10.3. The molecule has 0 aliphatic carbocycles. The zero-order valence-corrected chi connectivity index (χ0v) is 9.88. The van der Waals surface area contributed by atoms with Crippen LogP contribution in [0, 0.1) is 24.0 Å². The summed E-state index contributed by atoms with van der Waals surface area (Å²) in [5.74, 6) is 1.06. The van der Waals surface area contributed by atoms with Crippen molar-refractivity contribution >= 4 is 11.5 Å². The Kier molecular flexibility index (Phi) is 3.18. The molecule has 2 heterocycles. The molecule has 18 heavy (non-hydrogen) atoms. The maximum atomic E-state index is 10.8. The fourth-order valence-electron chi connectivity index (χ4n) is 1.40. The van der Waals surface area contributed by atoms with Crippen molar-refractivity contribution in [3.63, 3.8) is 0 Å². The Bertz CT molecular complexity index is 581. The predicted octanol–water partition coefficient (Wildman–Crippen LogP) is 1.60. The Morgan fingerprint density at radius 1 is 1.39 bits per heavy atom. The monoisotopic (exact) mass is 249 g/mol. The number of hydrogen-bond donors (Lipinski definition) is 1. The second-order valence-corrected chi connectivity index (χ2v) is 3.66. The lowest BCUT2D eigenvalue weighted by Gasteiger charge is -2.04. The van der Waals surface area contributed by atoms with E-state index in [0.29, 0.717) is 17.4 Å². The minimum atomic E-state index is -0.490. The zero-order chi connectivity index (χ0) is 13.1. The fourth-order valence-corrected chi connectivity index (χ4v) is 1.40. The van der Waals surface area contributed by atoms with Gasteiger partial charge >= 0.3 is 5.69 Å². The molecule has 0 fully saturated rings. The number of nitro groups is 1. The van der Waals surface area contributed by atoms with E-state index < -0.39 is 4.92 Å². The summed E-state index contributed by atoms with van der Waals surface area (Å²) < 4.78 is 4.80. The molecule has 8 heteroatoms. The smallest absolute Gasteiger partial charge is 0.311 e. The summed E-state index contributed by atoms with van der Waals surface area (Å²) in [4.78, 5) is 18.4. The number of pyridine rings is 1. The van der Waals surface area contributed by atoms with Crippen LogP contribution in [-0.2, 0) is 6.54 Å². The lowest BCUT2D eigenvalue weighted by Crippen LogP contribution is -2.06. The first kappa shape index (κ1) is 12.0. The van der Waals surface area contributed by atoms with Crippen molar-refractivity contribution in [2.24, 2.45) is 0 Å². The van der Waals surface area contributed by atoms with Gasteiger partial charge in [0.25, 0.3) is 0 Å². The molecule has 0 unspecified atom stereocenters. The Morgan fingerprint density at radius 3 is 2.78 bits per heavy atom. The van der Waals surface area contributed by atoms with E-state index in [-0.39, 0.29) is 18.1 Å². The number of rotatable bonds is 4. The molecule has 0 spiro atoms. The van der Waals surface area contributed by atoms with E-state index in [1.54, 1.807) is 19.9 Å². The third-order valence-electron chi connectivity index (χ3n) is 2.19. The quantitative estimate of drug-likeness (QED) is 0.647. The highest BCUT2D eigenvalue weighted by molar-refractivity contribution is 5.55. The molecule has 2 rings (SSSR count). The minimum Gasteiger partial charge on any atom is -0.357 e. The summed E-state index contributed by atoms with van der Waals surface area (Å²) in [6.07, 6.45) is 0. The van der Waals surface area contributed by atoms with Crippen molar-refractivity contribution in [1.82, 2.24) is 15.1 Å². The predicted molar refractivity (Wildman–Crippen MR) is 62.0 cm³/mol. The maximum Gasteiger partial charge on any atom is 0.311 e. The first-order valence-electron chi connectivity index (χ1n) is 5.21. The fraction of sp³-hybridized carbons (Fsp3) is 0.300. The number of anilines is 1. The van der Waals surface area contributed by atoms with Gasteiger partial charge in [-0.2, -0.15) is 4.98 Å². The number of nitrogens with one attached hydrogen (secondary N) is 1.